The summed E-state index contributed by atoms with van der Waals surface area (Å²) >= 11 is 0. The van der Waals surface area contributed by atoms with Gasteiger partial charge in [-0.1, -0.05) is 6.92 Å². The fourth-order valence-corrected chi connectivity index (χ4v) is 2.56. The van der Waals surface area contributed by atoms with Gasteiger partial charge in [-0.3, -0.25) is 9.69 Å². The van der Waals surface area contributed by atoms with E-state index in [-0.39, 0.29) is 0 Å². The maximum atomic E-state index is 11.4. The predicted molar refractivity (Wildman–Crippen MR) is 62.6 cm³/mol. The van der Waals surface area contributed by atoms with Crippen molar-refractivity contribution in [2.75, 3.05) is 26.3 Å². The van der Waals surface area contributed by atoms with Crippen molar-refractivity contribution >= 4 is 5.97 Å². The lowest BCUT2D eigenvalue weighted by Crippen LogP contribution is -2.50. The van der Waals surface area contributed by atoms with E-state index in [2.05, 4.69) is 4.90 Å². The summed E-state index contributed by atoms with van der Waals surface area (Å²) in [5, 5.41) is 9.36. The van der Waals surface area contributed by atoms with Crippen LogP contribution in [0, 0.1) is 0 Å². The first-order valence-electron chi connectivity index (χ1n) is 6.23. The molecular weight excluding hydrogens is 206 g/mol. The Labute approximate surface area is 97.6 Å². The van der Waals surface area contributed by atoms with Gasteiger partial charge < -0.3 is 9.84 Å². The van der Waals surface area contributed by atoms with Gasteiger partial charge >= 0.3 is 5.97 Å². The summed E-state index contributed by atoms with van der Waals surface area (Å²) in [5.41, 5.74) is -0.605. The van der Waals surface area contributed by atoms with Crippen molar-refractivity contribution in [1.29, 1.82) is 0 Å². The first kappa shape index (κ1) is 13.5. The Kier molecular flexibility index (Phi) is 5.22. The van der Waals surface area contributed by atoms with E-state index < -0.39 is 11.5 Å². The maximum absolute atomic E-state index is 11.4. The highest BCUT2D eigenvalue weighted by molar-refractivity contribution is 5.79. The van der Waals surface area contributed by atoms with Crippen molar-refractivity contribution in [3.8, 4) is 0 Å². The van der Waals surface area contributed by atoms with Crippen LogP contribution >= 0.6 is 0 Å². The van der Waals surface area contributed by atoms with Gasteiger partial charge in [0.1, 0.15) is 5.54 Å². The second-order valence-corrected chi connectivity index (χ2v) is 4.33. The van der Waals surface area contributed by atoms with Crippen LogP contribution < -0.4 is 0 Å². The quantitative estimate of drug-likeness (QED) is 0.676. The second-order valence-electron chi connectivity index (χ2n) is 4.33. The molecule has 0 aromatic rings. The van der Waals surface area contributed by atoms with Crippen LogP contribution in [0.25, 0.3) is 0 Å². The zero-order chi connectivity index (χ0) is 12.0. The van der Waals surface area contributed by atoms with Gasteiger partial charge in [0.05, 0.1) is 0 Å². The molecule has 4 heteroatoms. The lowest BCUT2D eigenvalue weighted by molar-refractivity contribution is -0.150. The van der Waals surface area contributed by atoms with Crippen molar-refractivity contribution < 1.29 is 14.6 Å². The number of carboxylic acids is 1. The van der Waals surface area contributed by atoms with E-state index in [4.69, 9.17) is 4.74 Å². The minimum absolute atomic E-state index is 0.605. The molecule has 1 N–H and O–H groups in total. The molecule has 1 saturated heterocycles. The Hall–Kier alpha value is -0.610. The number of nitrogens with zero attached hydrogens (tertiary/aromatic N) is 1. The third-order valence-electron chi connectivity index (χ3n) is 3.53. The fraction of sp³-hybridized carbons (Fsp3) is 0.917. The topological polar surface area (TPSA) is 49.8 Å². The zero-order valence-corrected chi connectivity index (χ0v) is 10.4. The molecule has 1 unspecified atom stereocenters. The SMILES string of the molecule is CCOCCCN1CCCC1(CC)C(=O)O. The monoisotopic (exact) mass is 229 g/mol. The van der Waals surface area contributed by atoms with E-state index in [9.17, 15) is 9.90 Å². The highest BCUT2D eigenvalue weighted by Crippen LogP contribution is 2.32. The van der Waals surface area contributed by atoms with Gasteiger partial charge in [0.2, 0.25) is 0 Å². The summed E-state index contributed by atoms with van der Waals surface area (Å²) in [4.78, 5) is 13.5. The van der Waals surface area contributed by atoms with E-state index in [1.165, 1.54) is 0 Å². The minimum Gasteiger partial charge on any atom is -0.480 e. The van der Waals surface area contributed by atoms with Crippen LogP contribution in [-0.4, -0.2) is 47.8 Å². The molecule has 1 aliphatic rings. The van der Waals surface area contributed by atoms with Crippen LogP contribution in [0.2, 0.25) is 0 Å². The third-order valence-corrected chi connectivity index (χ3v) is 3.53. The number of ether oxygens (including phenoxy) is 1. The second kappa shape index (κ2) is 6.21. The molecular formula is C12H23NO3. The summed E-state index contributed by atoms with van der Waals surface area (Å²) in [5.74, 6) is -0.663. The van der Waals surface area contributed by atoms with Crippen molar-refractivity contribution in [2.24, 2.45) is 0 Å². The van der Waals surface area contributed by atoms with E-state index in [0.717, 1.165) is 45.6 Å². The Bertz CT molecular complexity index is 232. The summed E-state index contributed by atoms with van der Waals surface area (Å²) in [6.45, 7) is 7.15. The first-order valence-corrected chi connectivity index (χ1v) is 6.23. The summed E-state index contributed by atoms with van der Waals surface area (Å²) in [7, 11) is 0. The van der Waals surface area contributed by atoms with Crippen LogP contribution in [0.3, 0.4) is 0 Å². The number of likely N-dealkylation sites (tertiary alicyclic amines) is 1. The predicted octanol–water partition coefficient (Wildman–Crippen LogP) is 1.74. The molecule has 4 nitrogen and oxygen atoms in total. The Morgan fingerprint density at radius 2 is 2.25 bits per heavy atom. The van der Waals surface area contributed by atoms with Gasteiger partial charge in [0.25, 0.3) is 0 Å². The number of rotatable bonds is 7. The number of hydrogen-bond donors (Lipinski definition) is 1. The number of carboxylic acid groups (broad SMARTS) is 1. The third kappa shape index (κ3) is 2.74. The van der Waals surface area contributed by atoms with Crippen LogP contribution in [0.4, 0.5) is 0 Å². The van der Waals surface area contributed by atoms with Crippen molar-refractivity contribution in [1.82, 2.24) is 4.90 Å². The van der Waals surface area contributed by atoms with E-state index >= 15 is 0 Å². The van der Waals surface area contributed by atoms with Gasteiger partial charge in [-0.05, 0) is 39.2 Å². The van der Waals surface area contributed by atoms with Crippen molar-refractivity contribution in [3.05, 3.63) is 0 Å². The van der Waals surface area contributed by atoms with Gasteiger partial charge in [-0.25, -0.2) is 0 Å². The smallest absolute Gasteiger partial charge is 0.324 e. The molecule has 1 atom stereocenters. The zero-order valence-electron chi connectivity index (χ0n) is 10.4. The molecule has 0 bridgehead atoms. The molecule has 16 heavy (non-hydrogen) atoms. The minimum atomic E-state index is -0.663. The van der Waals surface area contributed by atoms with E-state index in [1.54, 1.807) is 0 Å². The number of hydrogen-bond acceptors (Lipinski definition) is 3. The van der Waals surface area contributed by atoms with Crippen LogP contribution in [0.1, 0.15) is 39.5 Å². The molecule has 0 aromatic carbocycles. The summed E-state index contributed by atoms with van der Waals surface area (Å²) in [6.07, 6.45) is 3.39. The van der Waals surface area contributed by atoms with Crippen molar-refractivity contribution in [2.45, 2.75) is 45.1 Å². The van der Waals surface area contributed by atoms with E-state index in [1.807, 2.05) is 13.8 Å². The average Bonchev–Trinajstić information content (AvgIpc) is 2.68. The molecule has 0 amide bonds. The lowest BCUT2D eigenvalue weighted by atomic mass is 9.93. The standard InChI is InChI=1S/C12H23NO3/c1-3-12(11(14)15)7-5-8-13(12)9-6-10-16-4-2/h3-10H2,1-2H3,(H,14,15). The first-order chi connectivity index (χ1) is 7.67. The van der Waals surface area contributed by atoms with E-state index in [0.29, 0.717) is 6.42 Å². The van der Waals surface area contributed by atoms with Crippen molar-refractivity contribution in [3.63, 3.8) is 0 Å². The molecule has 1 fully saturated rings. The summed E-state index contributed by atoms with van der Waals surface area (Å²) in [6, 6.07) is 0. The van der Waals surface area contributed by atoms with Gasteiger partial charge in [0, 0.05) is 19.8 Å². The van der Waals surface area contributed by atoms with Crippen LogP contribution in [-0.2, 0) is 9.53 Å². The summed E-state index contributed by atoms with van der Waals surface area (Å²) < 4.78 is 5.28. The Morgan fingerprint density at radius 3 is 2.81 bits per heavy atom. The highest BCUT2D eigenvalue weighted by atomic mass is 16.5. The number of aliphatic carboxylic acids is 1. The number of carbonyl (C=O) groups is 1. The maximum Gasteiger partial charge on any atom is 0.324 e. The van der Waals surface area contributed by atoms with Crippen LogP contribution in [0.5, 0.6) is 0 Å². The molecule has 1 heterocycles. The molecule has 0 aromatic heterocycles. The molecule has 1 aliphatic heterocycles. The van der Waals surface area contributed by atoms with Crippen LogP contribution in [0.15, 0.2) is 0 Å². The highest BCUT2D eigenvalue weighted by Gasteiger charge is 2.45. The van der Waals surface area contributed by atoms with Gasteiger partial charge in [0.15, 0.2) is 0 Å². The van der Waals surface area contributed by atoms with Gasteiger partial charge in [-0.15, -0.1) is 0 Å². The lowest BCUT2D eigenvalue weighted by Gasteiger charge is -2.33. The Morgan fingerprint density at radius 1 is 1.50 bits per heavy atom. The van der Waals surface area contributed by atoms with Gasteiger partial charge in [-0.2, -0.15) is 0 Å². The molecule has 0 saturated carbocycles. The normalized spacial score (nSPS) is 26.1. The molecule has 0 aliphatic carbocycles. The average molecular weight is 229 g/mol. The molecule has 94 valence electrons. The fourth-order valence-electron chi connectivity index (χ4n) is 2.56. The molecule has 0 radical (unpaired) electrons. The largest absolute Gasteiger partial charge is 0.480 e. The Balaban J connectivity index is 2.47. The molecule has 1 rings (SSSR count). The molecule has 0 spiro atoms.